The number of para-hydroxylation sites is 2. The van der Waals surface area contributed by atoms with E-state index >= 15 is 0 Å². The second-order valence-electron chi connectivity index (χ2n) is 7.24. The first-order chi connectivity index (χ1) is 15.4. The molecule has 0 aliphatic rings. The Balaban J connectivity index is 1.15. The van der Waals surface area contributed by atoms with Crippen molar-refractivity contribution in [2.45, 2.75) is 13.0 Å². The van der Waals surface area contributed by atoms with E-state index in [0.29, 0.717) is 11.8 Å². The third-order valence-electron chi connectivity index (χ3n) is 5.15. The predicted molar refractivity (Wildman–Crippen MR) is 119 cm³/mol. The average molecular weight is 410 g/mol. The molecule has 0 spiro atoms. The Hall–Kier alpha value is -3.97. The van der Waals surface area contributed by atoms with Gasteiger partial charge in [0.05, 0.1) is 5.69 Å². The van der Waals surface area contributed by atoms with Gasteiger partial charge in [0, 0.05) is 23.6 Å². The average Bonchev–Trinajstić information content (AvgIpc) is 3.45. The Labute approximate surface area is 179 Å². The van der Waals surface area contributed by atoms with Crippen molar-refractivity contribution in [1.29, 1.82) is 0 Å². The van der Waals surface area contributed by atoms with Crippen LogP contribution in [0.25, 0.3) is 16.6 Å². The first kappa shape index (κ1) is 19.0. The lowest BCUT2D eigenvalue weighted by Crippen LogP contribution is -2.16. The fourth-order valence-corrected chi connectivity index (χ4v) is 3.55. The van der Waals surface area contributed by atoms with Crippen LogP contribution in [-0.4, -0.2) is 31.7 Å². The summed E-state index contributed by atoms with van der Waals surface area (Å²) in [5.41, 5.74) is 4.56. The van der Waals surface area contributed by atoms with Crippen molar-refractivity contribution < 1.29 is 4.74 Å². The molecule has 0 unspecified atom stereocenters. The number of hydrogen-bond acceptors (Lipinski definition) is 5. The van der Waals surface area contributed by atoms with Gasteiger partial charge in [0.25, 0.3) is 0 Å². The number of hydrogen-bond donors (Lipinski definition) is 2. The van der Waals surface area contributed by atoms with Crippen molar-refractivity contribution in [3.63, 3.8) is 0 Å². The summed E-state index contributed by atoms with van der Waals surface area (Å²) in [5, 5.41) is 16.5. The second kappa shape index (κ2) is 8.81. The van der Waals surface area contributed by atoms with Crippen LogP contribution in [0.4, 0.5) is 0 Å². The van der Waals surface area contributed by atoms with Gasteiger partial charge in [-0.25, -0.2) is 0 Å². The summed E-state index contributed by atoms with van der Waals surface area (Å²) in [6.07, 6.45) is 3.08. The predicted octanol–water partition coefficient (Wildman–Crippen LogP) is 4.27. The quantitative estimate of drug-likeness (QED) is 0.374. The van der Waals surface area contributed by atoms with Crippen molar-refractivity contribution in [3.8, 4) is 17.4 Å². The first-order valence-electron chi connectivity index (χ1n) is 10.2. The maximum absolute atomic E-state index is 5.88. The van der Waals surface area contributed by atoms with Crippen molar-refractivity contribution >= 4 is 10.9 Å². The molecule has 5 rings (SSSR count). The molecule has 7 nitrogen and oxygen atoms in total. The van der Waals surface area contributed by atoms with E-state index in [-0.39, 0.29) is 0 Å². The van der Waals surface area contributed by atoms with Gasteiger partial charge in [-0.2, -0.15) is 4.68 Å². The van der Waals surface area contributed by atoms with Crippen LogP contribution in [0.1, 0.15) is 11.1 Å². The second-order valence-corrected chi connectivity index (χ2v) is 7.24. The molecule has 154 valence electrons. The van der Waals surface area contributed by atoms with Crippen LogP contribution in [0.2, 0.25) is 0 Å². The minimum absolute atomic E-state index is 0.329. The zero-order valence-electron chi connectivity index (χ0n) is 16.9. The van der Waals surface area contributed by atoms with Gasteiger partial charge < -0.3 is 15.0 Å². The molecule has 0 amide bonds. The smallest absolute Gasteiger partial charge is 0.345 e. The zero-order valence-corrected chi connectivity index (χ0v) is 16.9. The van der Waals surface area contributed by atoms with Crippen LogP contribution in [0.5, 0.6) is 11.8 Å². The summed E-state index contributed by atoms with van der Waals surface area (Å²) in [6.45, 7) is 1.70. The standard InChI is InChI=1S/C24H22N6O/c1-2-6-20(7-3-1)30-24(27-28-29-30)31-21-12-10-18(11-13-21)16-25-15-14-19-17-26-23-9-5-4-8-22(19)23/h1-13,17,25-26H,14-16H2. The Morgan fingerprint density at radius 3 is 2.58 bits per heavy atom. The van der Waals surface area contributed by atoms with Crippen LogP contribution in [-0.2, 0) is 13.0 Å². The van der Waals surface area contributed by atoms with Crippen LogP contribution in [0.15, 0.2) is 85.1 Å². The van der Waals surface area contributed by atoms with E-state index in [1.165, 1.54) is 22.0 Å². The van der Waals surface area contributed by atoms with Gasteiger partial charge in [-0.3, -0.25) is 0 Å². The van der Waals surface area contributed by atoms with E-state index in [1.807, 2.05) is 54.6 Å². The van der Waals surface area contributed by atoms with Crippen LogP contribution in [0.3, 0.4) is 0 Å². The normalized spacial score (nSPS) is 11.1. The highest BCUT2D eigenvalue weighted by atomic mass is 16.5. The third kappa shape index (κ3) is 4.31. The highest BCUT2D eigenvalue weighted by Crippen LogP contribution is 2.21. The van der Waals surface area contributed by atoms with Gasteiger partial charge in [-0.05, 0) is 64.9 Å². The van der Waals surface area contributed by atoms with E-state index in [1.54, 1.807) is 4.68 Å². The van der Waals surface area contributed by atoms with E-state index in [0.717, 1.165) is 25.2 Å². The van der Waals surface area contributed by atoms with Crippen LogP contribution >= 0.6 is 0 Å². The first-order valence-corrected chi connectivity index (χ1v) is 10.2. The number of nitrogens with one attached hydrogen (secondary N) is 2. The molecule has 0 atom stereocenters. The summed E-state index contributed by atoms with van der Waals surface area (Å²) in [4.78, 5) is 3.33. The minimum Gasteiger partial charge on any atom is -0.423 e. The number of rotatable bonds is 8. The van der Waals surface area contributed by atoms with E-state index in [9.17, 15) is 0 Å². The summed E-state index contributed by atoms with van der Waals surface area (Å²) in [5.74, 6) is 0.689. The largest absolute Gasteiger partial charge is 0.423 e. The molecular formula is C24H22N6O. The molecule has 0 aliphatic carbocycles. The summed E-state index contributed by atoms with van der Waals surface area (Å²) in [6, 6.07) is 26.3. The molecule has 3 aromatic carbocycles. The molecule has 0 bridgehead atoms. The maximum atomic E-state index is 5.88. The zero-order chi connectivity index (χ0) is 20.9. The molecule has 0 saturated carbocycles. The number of fused-ring (bicyclic) bond motifs is 1. The Bertz CT molecular complexity index is 1260. The van der Waals surface area contributed by atoms with Gasteiger partial charge in [0.1, 0.15) is 5.75 Å². The molecule has 0 saturated heterocycles. The molecule has 31 heavy (non-hydrogen) atoms. The third-order valence-corrected chi connectivity index (χ3v) is 5.15. The summed E-state index contributed by atoms with van der Waals surface area (Å²) in [7, 11) is 0. The molecule has 5 aromatic rings. The number of H-pyrrole nitrogens is 1. The maximum Gasteiger partial charge on any atom is 0.345 e. The number of tetrazole rings is 1. The molecule has 2 heterocycles. The van der Waals surface area contributed by atoms with Crippen LogP contribution < -0.4 is 10.1 Å². The Morgan fingerprint density at radius 1 is 0.903 bits per heavy atom. The molecule has 2 aromatic heterocycles. The Morgan fingerprint density at radius 2 is 1.71 bits per heavy atom. The number of ether oxygens (including phenoxy) is 1. The van der Waals surface area contributed by atoms with Gasteiger partial charge >= 0.3 is 6.01 Å². The number of benzene rings is 3. The number of aromatic amines is 1. The van der Waals surface area contributed by atoms with Crippen molar-refractivity contribution in [3.05, 3.63) is 96.2 Å². The molecular weight excluding hydrogens is 388 g/mol. The van der Waals surface area contributed by atoms with Crippen LogP contribution in [0, 0.1) is 0 Å². The molecule has 0 fully saturated rings. The highest BCUT2D eigenvalue weighted by Gasteiger charge is 2.10. The summed E-state index contributed by atoms with van der Waals surface area (Å²) >= 11 is 0. The Kier molecular flexibility index (Phi) is 5.40. The molecule has 0 radical (unpaired) electrons. The SMILES string of the molecule is c1ccc(-n2nnnc2Oc2ccc(CNCCc3c[nH]c4ccccc34)cc2)cc1. The lowest BCUT2D eigenvalue weighted by atomic mass is 10.1. The molecule has 2 N–H and O–H groups in total. The fraction of sp³-hybridized carbons (Fsp3) is 0.125. The van der Waals surface area contributed by atoms with Gasteiger partial charge in [0.2, 0.25) is 0 Å². The summed E-state index contributed by atoms with van der Waals surface area (Å²) < 4.78 is 7.45. The van der Waals surface area contributed by atoms with Gasteiger partial charge in [0.15, 0.2) is 0 Å². The van der Waals surface area contributed by atoms with E-state index < -0.39 is 0 Å². The lowest BCUT2D eigenvalue weighted by molar-refractivity contribution is 0.427. The molecule has 0 aliphatic heterocycles. The van der Waals surface area contributed by atoms with E-state index in [2.05, 4.69) is 56.3 Å². The topological polar surface area (TPSA) is 80.7 Å². The van der Waals surface area contributed by atoms with E-state index in [4.69, 9.17) is 4.74 Å². The highest BCUT2D eigenvalue weighted by molar-refractivity contribution is 5.83. The number of aromatic nitrogens is 5. The van der Waals surface area contributed by atoms with Crippen molar-refractivity contribution in [2.24, 2.45) is 0 Å². The van der Waals surface area contributed by atoms with Gasteiger partial charge in [-0.15, -0.1) is 0 Å². The lowest BCUT2D eigenvalue weighted by Gasteiger charge is -2.08. The monoisotopic (exact) mass is 410 g/mol. The minimum atomic E-state index is 0.329. The number of nitrogens with zero attached hydrogens (tertiary/aromatic N) is 4. The fourth-order valence-electron chi connectivity index (χ4n) is 3.55. The van der Waals surface area contributed by atoms with Gasteiger partial charge in [-0.1, -0.05) is 53.6 Å². The molecule has 7 heteroatoms. The van der Waals surface area contributed by atoms with Crippen molar-refractivity contribution in [1.82, 2.24) is 30.5 Å². The van der Waals surface area contributed by atoms with Crippen molar-refractivity contribution in [2.75, 3.05) is 6.54 Å².